The number of carbonyl (C=O) groups excluding carboxylic acids is 2. The standard InChI is InChI=1S/C25H24O4/c1-4-24(26)28-14-6-5-7-18-8-12-22-19(15-18)9-10-20-16-21(11-13-23(20)22)29-25(27)17(2)3/h4,8-13,15-16H,1-2,5-7,14H2,3H3. The van der Waals surface area contributed by atoms with Gasteiger partial charge in [0.15, 0.2) is 0 Å². The van der Waals surface area contributed by atoms with E-state index < -0.39 is 5.97 Å². The zero-order valence-corrected chi connectivity index (χ0v) is 16.6. The van der Waals surface area contributed by atoms with Gasteiger partial charge in [0.1, 0.15) is 5.75 Å². The number of rotatable bonds is 8. The zero-order chi connectivity index (χ0) is 20.8. The van der Waals surface area contributed by atoms with Crippen molar-refractivity contribution >= 4 is 33.5 Å². The van der Waals surface area contributed by atoms with Crippen molar-refractivity contribution < 1.29 is 19.1 Å². The topological polar surface area (TPSA) is 52.6 Å². The first-order valence-corrected chi connectivity index (χ1v) is 9.60. The number of ether oxygens (including phenoxy) is 2. The molecule has 3 aromatic carbocycles. The predicted octanol–water partition coefficient (Wildman–Crippen LogP) is 5.53. The minimum absolute atomic E-state index is 0.370. The van der Waals surface area contributed by atoms with Gasteiger partial charge in [0.25, 0.3) is 0 Å². The largest absolute Gasteiger partial charge is 0.463 e. The number of unbranched alkanes of at least 4 members (excludes halogenated alkanes) is 1. The molecule has 0 unspecified atom stereocenters. The Bertz CT molecular complexity index is 1090. The van der Waals surface area contributed by atoms with Gasteiger partial charge in [-0.3, -0.25) is 0 Å². The van der Waals surface area contributed by atoms with Gasteiger partial charge in [-0.15, -0.1) is 0 Å². The van der Waals surface area contributed by atoms with Gasteiger partial charge >= 0.3 is 11.9 Å². The highest BCUT2D eigenvalue weighted by Crippen LogP contribution is 2.29. The van der Waals surface area contributed by atoms with E-state index in [1.54, 1.807) is 13.0 Å². The van der Waals surface area contributed by atoms with Crippen molar-refractivity contribution in [3.05, 3.63) is 78.9 Å². The molecule has 3 aromatic rings. The maximum Gasteiger partial charge on any atom is 0.338 e. The van der Waals surface area contributed by atoms with Crippen LogP contribution in [0.2, 0.25) is 0 Å². The normalized spacial score (nSPS) is 10.7. The maximum atomic E-state index is 11.7. The molecule has 0 saturated carbocycles. The highest BCUT2D eigenvalue weighted by Gasteiger charge is 2.08. The van der Waals surface area contributed by atoms with Crippen molar-refractivity contribution in [2.75, 3.05) is 6.61 Å². The van der Waals surface area contributed by atoms with Crippen LogP contribution in [0.25, 0.3) is 21.5 Å². The van der Waals surface area contributed by atoms with E-state index >= 15 is 0 Å². The quantitative estimate of drug-likeness (QED) is 0.167. The third-order valence-electron chi connectivity index (χ3n) is 4.70. The highest BCUT2D eigenvalue weighted by molar-refractivity contribution is 6.08. The summed E-state index contributed by atoms with van der Waals surface area (Å²) in [7, 11) is 0. The molecule has 0 N–H and O–H groups in total. The molecule has 0 fully saturated rings. The van der Waals surface area contributed by atoms with Crippen LogP contribution in [0.3, 0.4) is 0 Å². The molecular weight excluding hydrogens is 364 g/mol. The predicted molar refractivity (Wildman–Crippen MR) is 116 cm³/mol. The molecule has 4 heteroatoms. The average Bonchev–Trinajstić information content (AvgIpc) is 2.72. The molecule has 0 spiro atoms. The molecule has 0 atom stereocenters. The van der Waals surface area contributed by atoms with E-state index in [-0.39, 0.29) is 5.97 Å². The Kier molecular flexibility index (Phi) is 6.45. The molecule has 0 aromatic heterocycles. The minimum Gasteiger partial charge on any atom is -0.463 e. The van der Waals surface area contributed by atoms with E-state index in [0.29, 0.717) is 17.9 Å². The fraction of sp³-hybridized carbons (Fsp3) is 0.200. The van der Waals surface area contributed by atoms with Crippen molar-refractivity contribution in [3.8, 4) is 5.75 Å². The Balaban J connectivity index is 1.72. The lowest BCUT2D eigenvalue weighted by molar-refractivity contribution is -0.137. The van der Waals surface area contributed by atoms with Crippen molar-refractivity contribution in [1.29, 1.82) is 0 Å². The molecule has 0 bridgehead atoms. The summed E-state index contributed by atoms with van der Waals surface area (Å²) < 4.78 is 10.3. The van der Waals surface area contributed by atoms with Gasteiger partial charge in [-0.2, -0.15) is 0 Å². The first kappa shape index (κ1) is 20.3. The van der Waals surface area contributed by atoms with E-state index in [1.165, 1.54) is 17.0 Å². The summed E-state index contributed by atoms with van der Waals surface area (Å²) in [5, 5.41) is 4.45. The Hall–Kier alpha value is -3.40. The summed E-state index contributed by atoms with van der Waals surface area (Å²) in [5.74, 6) is -0.284. The molecule has 3 rings (SSSR count). The number of hydrogen-bond donors (Lipinski definition) is 0. The molecule has 0 amide bonds. The Morgan fingerprint density at radius 2 is 1.66 bits per heavy atom. The SMILES string of the molecule is C=CC(=O)OCCCCc1ccc2c(ccc3cc(OC(=O)C(=C)C)ccc32)c1. The van der Waals surface area contributed by atoms with Gasteiger partial charge in [-0.05, 0) is 65.4 Å². The Labute approximate surface area is 170 Å². The monoisotopic (exact) mass is 388 g/mol. The maximum absolute atomic E-state index is 11.7. The molecule has 29 heavy (non-hydrogen) atoms. The van der Waals surface area contributed by atoms with Crippen LogP contribution in [-0.4, -0.2) is 18.5 Å². The van der Waals surface area contributed by atoms with Crippen LogP contribution < -0.4 is 4.74 Å². The summed E-state index contributed by atoms with van der Waals surface area (Å²) >= 11 is 0. The zero-order valence-electron chi connectivity index (χ0n) is 16.6. The number of fused-ring (bicyclic) bond motifs is 3. The number of carbonyl (C=O) groups is 2. The van der Waals surface area contributed by atoms with Crippen LogP contribution in [0.5, 0.6) is 5.75 Å². The molecule has 0 aliphatic carbocycles. The molecule has 0 heterocycles. The Morgan fingerprint density at radius 3 is 2.34 bits per heavy atom. The van der Waals surface area contributed by atoms with Gasteiger partial charge in [0, 0.05) is 11.6 Å². The van der Waals surface area contributed by atoms with Gasteiger partial charge in [-0.25, -0.2) is 9.59 Å². The van der Waals surface area contributed by atoms with Crippen LogP contribution in [0.4, 0.5) is 0 Å². The van der Waals surface area contributed by atoms with Crippen LogP contribution in [-0.2, 0) is 20.7 Å². The van der Waals surface area contributed by atoms with Crippen LogP contribution in [0, 0.1) is 0 Å². The summed E-state index contributed by atoms with van der Waals surface area (Å²) in [4.78, 5) is 22.8. The first-order valence-electron chi connectivity index (χ1n) is 9.60. The number of benzene rings is 3. The molecule has 0 saturated heterocycles. The summed E-state index contributed by atoms with van der Waals surface area (Å²) in [5.41, 5.74) is 1.62. The van der Waals surface area contributed by atoms with Gasteiger partial charge in [0.2, 0.25) is 0 Å². The van der Waals surface area contributed by atoms with E-state index in [1.807, 2.05) is 18.2 Å². The number of esters is 2. The Morgan fingerprint density at radius 1 is 0.966 bits per heavy atom. The second-order valence-corrected chi connectivity index (χ2v) is 7.00. The van der Waals surface area contributed by atoms with Crippen molar-refractivity contribution in [1.82, 2.24) is 0 Å². The fourth-order valence-electron chi connectivity index (χ4n) is 3.17. The third kappa shape index (κ3) is 5.11. The van der Waals surface area contributed by atoms with Gasteiger partial charge in [-0.1, -0.05) is 49.6 Å². The van der Waals surface area contributed by atoms with Gasteiger partial charge < -0.3 is 9.47 Å². The summed E-state index contributed by atoms with van der Waals surface area (Å²) in [6, 6.07) is 16.2. The van der Waals surface area contributed by atoms with Crippen molar-refractivity contribution in [3.63, 3.8) is 0 Å². The van der Waals surface area contributed by atoms with Crippen molar-refractivity contribution in [2.24, 2.45) is 0 Å². The molecule has 4 nitrogen and oxygen atoms in total. The molecule has 0 aliphatic heterocycles. The first-order chi connectivity index (χ1) is 14.0. The van der Waals surface area contributed by atoms with Crippen LogP contribution >= 0.6 is 0 Å². The highest BCUT2D eigenvalue weighted by atomic mass is 16.5. The molecule has 0 aliphatic rings. The second-order valence-electron chi connectivity index (χ2n) is 7.00. The van der Waals surface area contributed by atoms with E-state index in [4.69, 9.17) is 9.47 Å². The van der Waals surface area contributed by atoms with Crippen molar-refractivity contribution in [2.45, 2.75) is 26.2 Å². The lowest BCUT2D eigenvalue weighted by atomic mass is 9.98. The smallest absolute Gasteiger partial charge is 0.338 e. The average molecular weight is 388 g/mol. The lowest BCUT2D eigenvalue weighted by Crippen LogP contribution is -2.07. The van der Waals surface area contributed by atoms with Crippen LogP contribution in [0.15, 0.2) is 73.3 Å². The molecular formula is C25H24O4. The van der Waals surface area contributed by atoms with E-state index in [0.717, 1.165) is 35.4 Å². The van der Waals surface area contributed by atoms with Crippen LogP contribution in [0.1, 0.15) is 25.3 Å². The second kappa shape index (κ2) is 9.20. The number of hydrogen-bond acceptors (Lipinski definition) is 4. The minimum atomic E-state index is -0.422. The third-order valence-corrected chi connectivity index (χ3v) is 4.70. The van der Waals surface area contributed by atoms with E-state index in [9.17, 15) is 9.59 Å². The summed E-state index contributed by atoms with van der Waals surface area (Å²) in [6.07, 6.45) is 3.87. The lowest BCUT2D eigenvalue weighted by Gasteiger charge is -2.09. The fourth-order valence-corrected chi connectivity index (χ4v) is 3.17. The number of aryl methyl sites for hydroxylation is 1. The van der Waals surface area contributed by atoms with Gasteiger partial charge in [0.05, 0.1) is 6.61 Å². The molecule has 0 radical (unpaired) electrons. The summed E-state index contributed by atoms with van der Waals surface area (Å²) in [6.45, 7) is 9.03. The molecule has 148 valence electrons. The van der Waals surface area contributed by atoms with E-state index in [2.05, 4.69) is 37.4 Å².